The number of methoxy groups -OCH3 is 1. The first-order valence-electron chi connectivity index (χ1n) is 11.3. The number of hydrogen-bond acceptors (Lipinski definition) is 3. The Morgan fingerprint density at radius 1 is 0.897 bits per heavy atom. The summed E-state index contributed by atoms with van der Waals surface area (Å²) in [5, 5.41) is 0. The van der Waals surface area contributed by atoms with Gasteiger partial charge < -0.3 is 0 Å². The minimum atomic E-state index is -2.67. The Bertz CT molecular complexity index is 739. The summed E-state index contributed by atoms with van der Waals surface area (Å²) in [7, 11) is 1.45. The molecule has 158 valence electrons. The number of pyridine rings is 1. The summed E-state index contributed by atoms with van der Waals surface area (Å²) < 4.78 is 10.6. The monoisotopic (exact) mass is 503 g/mol. The van der Waals surface area contributed by atoms with Gasteiger partial charge >= 0.3 is 182 Å². The number of esters is 1. The molecule has 4 heteroatoms. The van der Waals surface area contributed by atoms with Crippen LogP contribution in [0.15, 0.2) is 42.5 Å². The van der Waals surface area contributed by atoms with E-state index in [2.05, 4.69) is 50.0 Å². The van der Waals surface area contributed by atoms with Crippen molar-refractivity contribution in [3.05, 3.63) is 48.2 Å². The predicted octanol–water partition coefficient (Wildman–Crippen LogP) is 6.59. The summed E-state index contributed by atoms with van der Waals surface area (Å²) in [5.41, 5.74) is 2.45. The molecular weight excluding hydrogens is 465 g/mol. The van der Waals surface area contributed by atoms with Gasteiger partial charge in [-0.1, -0.05) is 0 Å². The van der Waals surface area contributed by atoms with Gasteiger partial charge in [-0.15, -0.1) is 0 Å². The van der Waals surface area contributed by atoms with Gasteiger partial charge in [-0.25, -0.2) is 0 Å². The van der Waals surface area contributed by atoms with Crippen molar-refractivity contribution >= 4 is 27.9 Å². The average Bonchev–Trinajstić information content (AvgIpc) is 2.78. The first-order chi connectivity index (χ1) is 14.1. The van der Waals surface area contributed by atoms with Gasteiger partial charge in [0.25, 0.3) is 0 Å². The van der Waals surface area contributed by atoms with E-state index in [1.807, 2.05) is 18.2 Å². The van der Waals surface area contributed by atoms with Crippen molar-refractivity contribution in [2.45, 2.75) is 72.6 Å². The van der Waals surface area contributed by atoms with Crippen LogP contribution in [0.25, 0.3) is 11.3 Å². The van der Waals surface area contributed by atoms with E-state index in [4.69, 9.17) is 4.74 Å². The third-order valence-corrected chi connectivity index (χ3v) is 21.5. The Morgan fingerprint density at radius 3 is 1.93 bits per heavy atom. The third kappa shape index (κ3) is 6.56. The molecule has 0 radical (unpaired) electrons. The molecule has 0 unspecified atom stereocenters. The van der Waals surface area contributed by atoms with Crippen molar-refractivity contribution in [1.82, 2.24) is 4.98 Å². The van der Waals surface area contributed by atoms with E-state index in [-0.39, 0.29) is 5.97 Å². The van der Waals surface area contributed by atoms with Crippen molar-refractivity contribution in [2.75, 3.05) is 7.11 Å². The van der Waals surface area contributed by atoms with E-state index < -0.39 is 18.4 Å². The van der Waals surface area contributed by atoms with Gasteiger partial charge in [0, 0.05) is 0 Å². The molecule has 1 heterocycles. The zero-order valence-corrected chi connectivity index (χ0v) is 21.5. The Balaban J connectivity index is 2.63. The molecule has 0 fully saturated rings. The van der Waals surface area contributed by atoms with Crippen molar-refractivity contribution in [1.29, 1.82) is 0 Å². The number of carbonyl (C=O) groups excluding carboxylic acids is 1. The van der Waals surface area contributed by atoms with Crippen LogP contribution in [0.4, 0.5) is 0 Å². The van der Waals surface area contributed by atoms with Gasteiger partial charge in [0.05, 0.1) is 0 Å². The van der Waals surface area contributed by atoms with Gasteiger partial charge in [-0.2, -0.15) is 0 Å². The van der Waals surface area contributed by atoms with Crippen molar-refractivity contribution in [3.8, 4) is 11.3 Å². The van der Waals surface area contributed by atoms with Crippen molar-refractivity contribution < 1.29 is 9.53 Å². The molecule has 0 aliphatic carbocycles. The zero-order chi connectivity index (χ0) is 21.1. The molecule has 3 nitrogen and oxygen atoms in total. The molecule has 1 aromatic carbocycles. The number of unbranched alkanes of at least 4 members (excludes halogenated alkanes) is 3. The van der Waals surface area contributed by atoms with Gasteiger partial charge in [0.1, 0.15) is 0 Å². The molecule has 0 bridgehead atoms. The molecule has 0 N–H and O–H groups in total. The standard InChI is InChI=1S/C13H10NO2.3C4H9.Sn/c1-16-13(15)12-9-5-8-11(14-12)10-6-3-2-4-7-10;3*1-3-4-2;/h2-4,6-9H,1H3;3*1,3-4H2,2H3;. The van der Waals surface area contributed by atoms with E-state index in [0.29, 0.717) is 5.69 Å². The molecule has 0 aliphatic heterocycles. The molecule has 2 rings (SSSR count). The Morgan fingerprint density at radius 2 is 1.45 bits per heavy atom. The molecule has 29 heavy (non-hydrogen) atoms. The van der Waals surface area contributed by atoms with Gasteiger partial charge in [-0.05, 0) is 0 Å². The Labute approximate surface area is 181 Å². The van der Waals surface area contributed by atoms with Crippen LogP contribution in [0.2, 0.25) is 13.3 Å². The van der Waals surface area contributed by atoms with Crippen molar-refractivity contribution in [3.63, 3.8) is 0 Å². The molecule has 1 aromatic heterocycles. The molecule has 0 spiro atoms. The second-order valence-corrected chi connectivity index (χ2v) is 21.3. The first-order valence-corrected chi connectivity index (χ1v) is 18.7. The van der Waals surface area contributed by atoms with Crippen LogP contribution in [0.3, 0.4) is 0 Å². The van der Waals surface area contributed by atoms with Crippen LogP contribution in [0.1, 0.15) is 69.8 Å². The number of rotatable bonds is 12. The van der Waals surface area contributed by atoms with Crippen LogP contribution in [-0.4, -0.2) is 36.4 Å². The number of carbonyl (C=O) groups is 1. The summed E-state index contributed by atoms with van der Waals surface area (Å²) in [6, 6.07) is 14.6. The normalized spacial score (nSPS) is 11.4. The van der Waals surface area contributed by atoms with E-state index in [0.717, 1.165) is 11.3 Å². The fourth-order valence-corrected chi connectivity index (χ4v) is 20.1. The fourth-order valence-electron chi connectivity index (χ4n) is 4.16. The summed E-state index contributed by atoms with van der Waals surface area (Å²) >= 11 is -2.67. The summed E-state index contributed by atoms with van der Waals surface area (Å²) in [4.78, 5) is 17.1. The summed E-state index contributed by atoms with van der Waals surface area (Å²) in [5.74, 6) is -0.328. The number of nitrogens with zero attached hydrogens (tertiary/aromatic N) is 1. The summed E-state index contributed by atoms with van der Waals surface area (Å²) in [6.07, 6.45) is 7.58. The molecule has 2 aromatic rings. The van der Waals surface area contributed by atoms with E-state index >= 15 is 0 Å². The van der Waals surface area contributed by atoms with Crippen LogP contribution >= 0.6 is 0 Å². The van der Waals surface area contributed by atoms with Gasteiger partial charge in [-0.3, -0.25) is 0 Å². The van der Waals surface area contributed by atoms with E-state index in [1.165, 1.54) is 62.5 Å². The topological polar surface area (TPSA) is 39.2 Å². The number of ether oxygens (including phenoxy) is 1. The number of aromatic nitrogens is 1. The third-order valence-electron chi connectivity index (χ3n) is 5.93. The van der Waals surface area contributed by atoms with Crippen LogP contribution in [0, 0.1) is 0 Å². The zero-order valence-electron chi connectivity index (χ0n) is 18.7. The second-order valence-electron chi connectivity index (χ2n) is 8.07. The maximum absolute atomic E-state index is 12.5. The number of hydrogen-bond donors (Lipinski definition) is 0. The predicted molar refractivity (Wildman–Crippen MR) is 126 cm³/mol. The van der Waals surface area contributed by atoms with Crippen LogP contribution < -0.4 is 3.58 Å². The molecule has 0 atom stereocenters. The molecule has 0 aliphatic rings. The van der Waals surface area contributed by atoms with Crippen LogP contribution in [0.5, 0.6) is 0 Å². The second kappa shape index (κ2) is 12.4. The quantitative estimate of drug-likeness (QED) is 0.243. The maximum atomic E-state index is 12.5. The Kier molecular flexibility index (Phi) is 10.2. The van der Waals surface area contributed by atoms with Crippen LogP contribution in [-0.2, 0) is 4.74 Å². The molecule has 0 saturated carbocycles. The van der Waals surface area contributed by atoms with Gasteiger partial charge in [0.15, 0.2) is 0 Å². The van der Waals surface area contributed by atoms with E-state index in [9.17, 15) is 4.79 Å². The molecule has 0 saturated heterocycles. The Hall–Kier alpha value is -1.36. The van der Waals surface area contributed by atoms with E-state index in [1.54, 1.807) is 0 Å². The fraction of sp³-hybridized carbons (Fsp3) is 0.520. The minimum absolute atomic E-state index is 0.328. The summed E-state index contributed by atoms with van der Waals surface area (Å²) in [6.45, 7) is 6.87. The van der Waals surface area contributed by atoms with Crippen molar-refractivity contribution in [2.24, 2.45) is 0 Å². The van der Waals surface area contributed by atoms with Gasteiger partial charge in [0.2, 0.25) is 0 Å². The first kappa shape index (κ1) is 23.9. The average molecular weight is 502 g/mol. The molecular formula is C25H37NO2Sn. The SMILES string of the molecule is CCC[CH2][Sn]([CH2]CCC)([CH2]CCC)[c]1cc(C(=O)OC)nc(-c2ccccc2)c1. The molecule has 0 amide bonds. The number of benzene rings is 1.